The van der Waals surface area contributed by atoms with Gasteiger partial charge in [0.15, 0.2) is 0 Å². The molecule has 0 saturated carbocycles. The van der Waals surface area contributed by atoms with Crippen LogP contribution >= 0.6 is 11.3 Å². The van der Waals surface area contributed by atoms with Crippen molar-refractivity contribution in [3.63, 3.8) is 0 Å². The second-order valence-electron chi connectivity index (χ2n) is 2.82. The van der Waals surface area contributed by atoms with Crippen molar-refractivity contribution in [2.24, 2.45) is 5.73 Å². The van der Waals surface area contributed by atoms with Crippen LogP contribution in [-0.4, -0.2) is 11.1 Å². The van der Waals surface area contributed by atoms with Crippen molar-refractivity contribution in [1.29, 1.82) is 0 Å². The Bertz CT molecular complexity index is 493. The second kappa shape index (κ2) is 3.26. The molecule has 0 atom stereocenters. The van der Waals surface area contributed by atoms with Crippen LogP contribution < -0.4 is 10.5 Å². The average Bonchev–Trinajstić information content (AvgIpc) is 2.47. The lowest BCUT2D eigenvalue weighted by Gasteiger charge is -1.91. The van der Waals surface area contributed by atoms with Crippen LogP contribution in [0.4, 0.5) is 4.79 Å². The highest BCUT2D eigenvalue weighted by Crippen LogP contribution is 2.29. The number of thiazole rings is 1. The van der Waals surface area contributed by atoms with E-state index in [-0.39, 0.29) is 0 Å². The Balaban J connectivity index is 2.51. The summed E-state index contributed by atoms with van der Waals surface area (Å²) in [5.74, 6) is 0. The molecule has 0 spiro atoms. The second-order valence-corrected chi connectivity index (χ2v) is 3.82. The number of nitrogens with two attached hydrogens (primary N) is 1. The maximum Gasteiger partial charge on any atom is 0.411 e. The fraction of sp³-hybridized carbons (Fsp3) is 0.111. The Labute approximate surface area is 84.3 Å². The van der Waals surface area contributed by atoms with Crippen molar-refractivity contribution in [2.75, 3.05) is 0 Å². The van der Waals surface area contributed by atoms with Crippen molar-refractivity contribution in [3.8, 4) is 5.19 Å². The number of hydrogen-bond acceptors (Lipinski definition) is 4. The van der Waals surface area contributed by atoms with Gasteiger partial charge in [-0.15, -0.1) is 0 Å². The number of para-hydroxylation sites is 1. The van der Waals surface area contributed by atoms with Crippen LogP contribution in [0.2, 0.25) is 0 Å². The number of benzene rings is 1. The summed E-state index contributed by atoms with van der Waals surface area (Å²) in [5, 5.41) is 0.293. The highest BCUT2D eigenvalue weighted by molar-refractivity contribution is 7.20. The van der Waals surface area contributed by atoms with E-state index in [0.29, 0.717) is 5.19 Å². The third-order valence-corrected chi connectivity index (χ3v) is 2.69. The number of carbonyl (C=O) groups excluding carboxylic acids is 1. The number of primary amides is 1. The lowest BCUT2D eigenvalue weighted by atomic mass is 10.2. The number of hydrogen-bond donors (Lipinski definition) is 1. The smallest absolute Gasteiger partial charge is 0.381 e. The van der Waals surface area contributed by atoms with Crippen LogP contribution in [0, 0.1) is 6.92 Å². The number of ether oxygens (including phenoxy) is 1. The zero-order valence-electron chi connectivity index (χ0n) is 7.48. The van der Waals surface area contributed by atoms with Crippen LogP contribution in [-0.2, 0) is 0 Å². The van der Waals surface area contributed by atoms with Gasteiger partial charge >= 0.3 is 6.09 Å². The average molecular weight is 208 g/mol. The molecule has 0 saturated heterocycles. The molecule has 0 aliphatic carbocycles. The molecule has 0 aliphatic heterocycles. The van der Waals surface area contributed by atoms with E-state index in [9.17, 15) is 4.79 Å². The van der Waals surface area contributed by atoms with E-state index >= 15 is 0 Å². The van der Waals surface area contributed by atoms with Crippen molar-refractivity contribution in [1.82, 2.24) is 4.98 Å². The fourth-order valence-corrected chi connectivity index (χ4v) is 2.09. The zero-order chi connectivity index (χ0) is 10.1. The van der Waals surface area contributed by atoms with Gasteiger partial charge in [0, 0.05) is 0 Å². The summed E-state index contributed by atoms with van der Waals surface area (Å²) < 4.78 is 5.69. The summed E-state index contributed by atoms with van der Waals surface area (Å²) in [4.78, 5) is 14.6. The number of fused-ring (bicyclic) bond motifs is 1. The molecule has 0 unspecified atom stereocenters. The van der Waals surface area contributed by atoms with Gasteiger partial charge in [-0.3, -0.25) is 0 Å². The summed E-state index contributed by atoms with van der Waals surface area (Å²) in [6.07, 6.45) is -0.832. The molecule has 5 heteroatoms. The van der Waals surface area contributed by atoms with E-state index in [2.05, 4.69) is 4.98 Å². The largest absolute Gasteiger partial charge is 0.411 e. The summed E-state index contributed by atoms with van der Waals surface area (Å²) in [5.41, 5.74) is 6.80. The SMILES string of the molecule is Cc1cccc2sc(OC(N)=O)nc12. The molecule has 1 aromatic carbocycles. The van der Waals surface area contributed by atoms with E-state index in [1.807, 2.05) is 25.1 Å². The van der Waals surface area contributed by atoms with E-state index < -0.39 is 6.09 Å². The van der Waals surface area contributed by atoms with Gasteiger partial charge < -0.3 is 10.5 Å². The fourth-order valence-electron chi connectivity index (χ4n) is 1.20. The van der Waals surface area contributed by atoms with E-state index in [0.717, 1.165) is 15.8 Å². The molecular weight excluding hydrogens is 200 g/mol. The number of amides is 1. The Morgan fingerprint density at radius 1 is 1.57 bits per heavy atom. The number of aromatic nitrogens is 1. The molecule has 0 fully saturated rings. The minimum absolute atomic E-state index is 0.293. The van der Waals surface area contributed by atoms with E-state index in [4.69, 9.17) is 10.5 Å². The lowest BCUT2D eigenvalue weighted by molar-refractivity contribution is 0.211. The number of rotatable bonds is 1. The molecule has 0 radical (unpaired) electrons. The molecule has 2 N–H and O–H groups in total. The Hall–Kier alpha value is -1.62. The topological polar surface area (TPSA) is 65.2 Å². The predicted molar refractivity (Wildman–Crippen MR) is 54.6 cm³/mol. The van der Waals surface area contributed by atoms with E-state index in [1.54, 1.807) is 0 Å². The molecule has 0 aliphatic rings. The van der Waals surface area contributed by atoms with Crippen LogP contribution in [0.5, 0.6) is 5.19 Å². The minimum Gasteiger partial charge on any atom is -0.381 e. The van der Waals surface area contributed by atoms with Crippen LogP contribution in [0.15, 0.2) is 18.2 Å². The van der Waals surface area contributed by atoms with Gasteiger partial charge in [0.2, 0.25) is 0 Å². The Morgan fingerprint density at radius 2 is 2.36 bits per heavy atom. The number of carbonyl (C=O) groups is 1. The highest BCUT2D eigenvalue weighted by Gasteiger charge is 2.08. The molecule has 2 aromatic rings. The first kappa shape index (κ1) is 8.96. The number of nitrogens with zero attached hydrogens (tertiary/aromatic N) is 1. The normalized spacial score (nSPS) is 10.4. The first-order valence-corrected chi connectivity index (χ1v) is 4.82. The van der Waals surface area contributed by atoms with Crippen molar-refractivity contribution < 1.29 is 9.53 Å². The quantitative estimate of drug-likeness (QED) is 0.780. The van der Waals surface area contributed by atoms with Gasteiger partial charge in [0.05, 0.1) is 10.2 Å². The van der Waals surface area contributed by atoms with Gasteiger partial charge in [0.1, 0.15) is 0 Å². The van der Waals surface area contributed by atoms with Crippen LogP contribution in [0.25, 0.3) is 10.2 Å². The van der Waals surface area contributed by atoms with Crippen molar-refractivity contribution in [2.45, 2.75) is 6.92 Å². The van der Waals surface area contributed by atoms with Crippen LogP contribution in [0.3, 0.4) is 0 Å². The summed E-state index contributed by atoms with van der Waals surface area (Å²) >= 11 is 1.31. The van der Waals surface area contributed by atoms with Gasteiger partial charge in [0.25, 0.3) is 5.19 Å². The molecule has 1 aromatic heterocycles. The first-order chi connectivity index (χ1) is 6.66. The molecule has 2 rings (SSSR count). The third kappa shape index (κ3) is 1.54. The van der Waals surface area contributed by atoms with Crippen molar-refractivity contribution in [3.05, 3.63) is 23.8 Å². The highest BCUT2D eigenvalue weighted by atomic mass is 32.1. The molecule has 14 heavy (non-hydrogen) atoms. The molecule has 72 valence electrons. The van der Waals surface area contributed by atoms with E-state index in [1.165, 1.54) is 11.3 Å². The monoisotopic (exact) mass is 208 g/mol. The third-order valence-electron chi connectivity index (χ3n) is 1.79. The molecule has 1 heterocycles. The molecule has 0 bridgehead atoms. The van der Waals surface area contributed by atoms with Gasteiger partial charge in [-0.2, -0.15) is 0 Å². The molecular formula is C9H8N2O2S. The molecule has 1 amide bonds. The van der Waals surface area contributed by atoms with Gasteiger partial charge in [-0.05, 0) is 18.6 Å². The maximum absolute atomic E-state index is 10.5. The minimum atomic E-state index is -0.832. The Morgan fingerprint density at radius 3 is 3.00 bits per heavy atom. The summed E-state index contributed by atoms with van der Waals surface area (Å²) in [6, 6.07) is 5.81. The van der Waals surface area contributed by atoms with Gasteiger partial charge in [-0.1, -0.05) is 23.5 Å². The number of aryl methyl sites for hydroxylation is 1. The predicted octanol–water partition coefficient (Wildman–Crippen LogP) is 2.06. The van der Waals surface area contributed by atoms with Crippen LogP contribution in [0.1, 0.15) is 5.56 Å². The first-order valence-electron chi connectivity index (χ1n) is 4.00. The summed E-state index contributed by atoms with van der Waals surface area (Å²) in [7, 11) is 0. The summed E-state index contributed by atoms with van der Waals surface area (Å²) in [6.45, 7) is 1.95. The van der Waals surface area contributed by atoms with Gasteiger partial charge in [-0.25, -0.2) is 9.78 Å². The van der Waals surface area contributed by atoms with Crippen molar-refractivity contribution >= 4 is 27.6 Å². The zero-order valence-corrected chi connectivity index (χ0v) is 8.30. The lowest BCUT2D eigenvalue weighted by Crippen LogP contribution is -2.15. The standard InChI is InChI=1S/C9H8N2O2S/c1-5-3-2-4-6-7(5)11-9(14-6)13-8(10)12/h2-4H,1H3,(H2,10,12). The Kier molecular flexibility index (Phi) is 2.09. The molecule has 4 nitrogen and oxygen atoms in total. The maximum atomic E-state index is 10.5.